The van der Waals surface area contributed by atoms with E-state index in [1.807, 2.05) is 87.7 Å². The van der Waals surface area contributed by atoms with Gasteiger partial charge in [-0.25, -0.2) is 0 Å². The molecule has 0 radical (unpaired) electrons. The first-order valence-electron chi connectivity index (χ1n) is 11.4. The van der Waals surface area contributed by atoms with Crippen LogP contribution in [0.5, 0.6) is 11.5 Å². The van der Waals surface area contributed by atoms with Crippen molar-refractivity contribution in [2.24, 2.45) is 0 Å². The topological polar surface area (TPSA) is 50.8 Å². The van der Waals surface area contributed by atoms with Crippen molar-refractivity contribution in [1.29, 1.82) is 0 Å². The molecule has 1 aliphatic rings. The van der Waals surface area contributed by atoms with Gasteiger partial charge in [0.25, 0.3) is 5.91 Å². The molecule has 33 heavy (non-hydrogen) atoms. The molecule has 0 atom stereocenters. The van der Waals surface area contributed by atoms with Gasteiger partial charge in [0.1, 0.15) is 24.7 Å². The summed E-state index contributed by atoms with van der Waals surface area (Å²) in [6.07, 6.45) is 1.83. The molecule has 1 N–H and O–H groups in total. The van der Waals surface area contributed by atoms with Crippen LogP contribution in [0.4, 0.5) is 0 Å². The van der Waals surface area contributed by atoms with Crippen molar-refractivity contribution in [3.8, 4) is 11.5 Å². The van der Waals surface area contributed by atoms with Crippen molar-refractivity contribution in [3.63, 3.8) is 0 Å². The maximum Gasteiger partial charge on any atom is 0.252 e. The van der Waals surface area contributed by atoms with Crippen molar-refractivity contribution >= 4 is 5.91 Å². The summed E-state index contributed by atoms with van der Waals surface area (Å²) in [5, 5.41) is 3.29. The number of amides is 1. The van der Waals surface area contributed by atoms with Crippen LogP contribution in [-0.4, -0.2) is 38.1 Å². The number of likely N-dealkylation sites (N-methyl/N-ethyl adjacent to an activating group) is 1. The molecule has 0 unspecified atom stereocenters. The second kappa shape index (κ2) is 10.1. The summed E-state index contributed by atoms with van der Waals surface area (Å²) in [7, 11) is 4.02. The Hall–Kier alpha value is -3.31. The molecular weight excluding hydrogens is 412 g/mol. The molecule has 4 rings (SSSR count). The summed E-state index contributed by atoms with van der Waals surface area (Å²) in [5.74, 6) is 1.46. The SMILES string of the molecule is Cc1ccc(OCCN(C)C)cc1C(=O)NC1(c2cccc(OCc3ccccc3)c2)CC1. The number of carbonyl (C=O) groups is 1. The lowest BCUT2D eigenvalue weighted by molar-refractivity contribution is 0.0929. The smallest absolute Gasteiger partial charge is 0.252 e. The molecule has 3 aromatic carbocycles. The van der Waals surface area contributed by atoms with Crippen molar-refractivity contribution < 1.29 is 14.3 Å². The highest BCUT2D eigenvalue weighted by molar-refractivity contribution is 5.96. The Kier molecular flexibility index (Phi) is 6.99. The van der Waals surface area contributed by atoms with Gasteiger partial charge >= 0.3 is 0 Å². The van der Waals surface area contributed by atoms with E-state index in [0.717, 1.165) is 41.8 Å². The second-order valence-corrected chi connectivity index (χ2v) is 8.97. The zero-order valence-corrected chi connectivity index (χ0v) is 19.6. The highest BCUT2D eigenvalue weighted by atomic mass is 16.5. The molecule has 0 aliphatic heterocycles. The quantitative estimate of drug-likeness (QED) is 0.482. The van der Waals surface area contributed by atoms with Gasteiger partial charge in [-0.3, -0.25) is 4.79 Å². The minimum absolute atomic E-state index is 0.0707. The fourth-order valence-electron chi connectivity index (χ4n) is 3.80. The van der Waals surface area contributed by atoms with Crippen LogP contribution >= 0.6 is 0 Å². The zero-order valence-electron chi connectivity index (χ0n) is 19.6. The summed E-state index contributed by atoms with van der Waals surface area (Å²) < 4.78 is 11.8. The van der Waals surface area contributed by atoms with Crippen LogP contribution in [0, 0.1) is 6.92 Å². The molecule has 0 bridgehead atoms. The molecular formula is C28H32N2O3. The van der Waals surface area contributed by atoms with Crippen LogP contribution in [0.2, 0.25) is 0 Å². The summed E-state index contributed by atoms with van der Waals surface area (Å²) >= 11 is 0. The number of aryl methyl sites for hydroxylation is 1. The van der Waals surface area contributed by atoms with E-state index >= 15 is 0 Å². The predicted molar refractivity (Wildman–Crippen MR) is 131 cm³/mol. The zero-order chi connectivity index (χ0) is 23.3. The van der Waals surface area contributed by atoms with Crippen LogP contribution in [0.15, 0.2) is 72.8 Å². The predicted octanol–water partition coefficient (Wildman–Crippen LogP) is 4.93. The number of carbonyl (C=O) groups excluding carboxylic acids is 1. The lowest BCUT2D eigenvalue weighted by Gasteiger charge is -2.20. The van der Waals surface area contributed by atoms with Crippen molar-refractivity contribution in [2.75, 3.05) is 27.2 Å². The molecule has 5 nitrogen and oxygen atoms in total. The third-order valence-electron chi connectivity index (χ3n) is 6.00. The molecule has 172 valence electrons. The lowest BCUT2D eigenvalue weighted by atomic mass is 10.0. The van der Waals surface area contributed by atoms with Gasteiger partial charge < -0.3 is 19.7 Å². The lowest BCUT2D eigenvalue weighted by Crippen LogP contribution is -2.35. The second-order valence-electron chi connectivity index (χ2n) is 8.97. The van der Waals surface area contributed by atoms with Gasteiger partial charge in [0.15, 0.2) is 0 Å². The van der Waals surface area contributed by atoms with Crippen LogP contribution < -0.4 is 14.8 Å². The van der Waals surface area contributed by atoms with E-state index < -0.39 is 0 Å². The normalized spacial score (nSPS) is 14.1. The summed E-state index contributed by atoms with van der Waals surface area (Å²) in [6, 6.07) is 23.9. The molecule has 5 heteroatoms. The molecule has 1 saturated carbocycles. The van der Waals surface area contributed by atoms with Crippen molar-refractivity contribution in [1.82, 2.24) is 10.2 Å². The number of hydrogen-bond acceptors (Lipinski definition) is 4. The highest BCUT2D eigenvalue weighted by Crippen LogP contribution is 2.46. The van der Waals surface area contributed by atoms with Gasteiger partial charge in [-0.05, 0) is 74.8 Å². The Labute approximate surface area is 196 Å². The van der Waals surface area contributed by atoms with E-state index in [-0.39, 0.29) is 11.4 Å². The van der Waals surface area contributed by atoms with Crippen LogP contribution in [0.25, 0.3) is 0 Å². The van der Waals surface area contributed by atoms with Crippen molar-refractivity contribution in [2.45, 2.75) is 31.9 Å². The Morgan fingerprint density at radius 1 is 0.939 bits per heavy atom. The van der Waals surface area contributed by atoms with Gasteiger partial charge in [0.2, 0.25) is 0 Å². The third-order valence-corrected chi connectivity index (χ3v) is 6.00. The Morgan fingerprint density at radius 3 is 2.42 bits per heavy atom. The summed E-state index contributed by atoms with van der Waals surface area (Å²) in [6.45, 7) is 3.87. The fraction of sp³-hybridized carbons (Fsp3) is 0.321. The van der Waals surface area contributed by atoms with Gasteiger partial charge in [-0.15, -0.1) is 0 Å². The Bertz CT molecular complexity index is 1090. The Balaban J connectivity index is 1.43. The maximum atomic E-state index is 13.2. The van der Waals surface area contributed by atoms with Crippen molar-refractivity contribution in [3.05, 3.63) is 95.1 Å². The standard InChI is InChI=1S/C28H32N2O3/c1-21-12-13-25(32-17-16-30(2)3)19-26(21)27(31)29-28(14-15-28)23-10-7-11-24(18-23)33-20-22-8-5-4-6-9-22/h4-13,18-19H,14-17,20H2,1-3H3,(H,29,31). The molecule has 1 aliphatic carbocycles. The number of nitrogens with one attached hydrogen (secondary N) is 1. The van der Waals surface area contributed by atoms with E-state index in [2.05, 4.69) is 16.3 Å². The minimum Gasteiger partial charge on any atom is -0.492 e. The first-order chi connectivity index (χ1) is 15.9. The summed E-state index contributed by atoms with van der Waals surface area (Å²) in [5.41, 5.74) is 3.46. The molecule has 0 heterocycles. The molecule has 1 fully saturated rings. The average Bonchev–Trinajstić information content (AvgIpc) is 3.60. The van der Waals surface area contributed by atoms with Gasteiger partial charge in [-0.1, -0.05) is 48.5 Å². The average molecular weight is 445 g/mol. The fourth-order valence-corrected chi connectivity index (χ4v) is 3.80. The number of benzene rings is 3. The van der Waals surface area contributed by atoms with E-state index in [1.165, 1.54) is 0 Å². The minimum atomic E-state index is -0.336. The molecule has 0 aromatic heterocycles. The highest BCUT2D eigenvalue weighted by Gasteiger charge is 2.46. The van der Waals surface area contributed by atoms with Gasteiger partial charge in [0, 0.05) is 12.1 Å². The largest absolute Gasteiger partial charge is 0.492 e. The number of ether oxygens (including phenoxy) is 2. The Morgan fingerprint density at radius 2 is 1.70 bits per heavy atom. The monoisotopic (exact) mass is 444 g/mol. The molecule has 0 spiro atoms. The van der Waals surface area contributed by atoms with E-state index in [0.29, 0.717) is 24.5 Å². The van der Waals surface area contributed by atoms with Crippen LogP contribution in [0.3, 0.4) is 0 Å². The van der Waals surface area contributed by atoms with Gasteiger partial charge in [0.05, 0.1) is 5.54 Å². The molecule has 3 aromatic rings. The van der Waals surface area contributed by atoms with Crippen LogP contribution in [-0.2, 0) is 12.1 Å². The van der Waals surface area contributed by atoms with E-state index in [9.17, 15) is 4.79 Å². The van der Waals surface area contributed by atoms with Crippen LogP contribution in [0.1, 0.15) is 39.9 Å². The molecule has 0 saturated heterocycles. The number of rotatable bonds is 10. The first-order valence-corrected chi connectivity index (χ1v) is 11.4. The number of nitrogens with zero attached hydrogens (tertiary/aromatic N) is 1. The van der Waals surface area contributed by atoms with Gasteiger partial charge in [-0.2, -0.15) is 0 Å². The number of hydrogen-bond donors (Lipinski definition) is 1. The molecule has 1 amide bonds. The van der Waals surface area contributed by atoms with E-state index in [4.69, 9.17) is 9.47 Å². The summed E-state index contributed by atoms with van der Waals surface area (Å²) in [4.78, 5) is 15.3. The third kappa shape index (κ3) is 5.93. The first kappa shape index (κ1) is 22.9. The van der Waals surface area contributed by atoms with E-state index in [1.54, 1.807) is 0 Å². The maximum absolute atomic E-state index is 13.2.